The van der Waals surface area contributed by atoms with Crippen LogP contribution >= 0.6 is 0 Å². The van der Waals surface area contributed by atoms with E-state index in [1.165, 1.54) is 0 Å². The van der Waals surface area contributed by atoms with Crippen LogP contribution in [-0.2, 0) is 6.54 Å². The average Bonchev–Trinajstić information content (AvgIpc) is 2.87. The molecule has 2 aromatic rings. The van der Waals surface area contributed by atoms with Gasteiger partial charge < -0.3 is 10.0 Å². The van der Waals surface area contributed by atoms with Crippen molar-refractivity contribution in [2.45, 2.75) is 26.0 Å². The number of hydrogen-bond donors (Lipinski definition) is 1. The molecule has 0 aliphatic rings. The Bertz CT molecular complexity index is 534. The summed E-state index contributed by atoms with van der Waals surface area (Å²) < 4.78 is 1.87. The van der Waals surface area contributed by atoms with Crippen molar-refractivity contribution < 1.29 is 5.11 Å². The highest BCUT2D eigenvalue weighted by Crippen LogP contribution is 2.24. The molecular weight excluding hydrogens is 238 g/mol. The maximum Gasteiger partial charge on any atom is 0.107 e. The molecule has 1 unspecified atom stereocenters. The number of anilines is 1. The molecule has 0 saturated carbocycles. The van der Waals surface area contributed by atoms with Gasteiger partial charge in [-0.05, 0) is 24.1 Å². The van der Waals surface area contributed by atoms with Gasteiger partial charge in [-0.2, -0.15) is 5.10 Å². The first kappa shape index (κ1) is 13.6. The maximum absolute atomic E-state index is 10.4. The molecule has 0 bridgehead atoms. The van der Waals surface area contributed by atoms with Gasteiger partial charge in [0.15, 0.2) is 0 Å². The molecule has 1 aromatic carbocycles. The molecule has 1 atom stereocenters. The number of hydrogen-bond acceptors (Lipinski definition) is 3. The minimum absolute atomic E-state index is 0.620. The highest BCUT2D eigenvalue weighted by Gasteiger charge is 2.13. The number of nitrogens with zero attached hydrogens (tertiary/aromatic N) is 3. The van der Waals surface area contributed by atoms with E-state index in [9.17, 15) is 5.11 Å². The molecule has 1 aromatic heterocycles. The molecule has 1 N–H and O–H groups in total. The zero-order valence-corrected chi connectivity index (χ0v) is 11.7. The fourth-order valence-electron chi connectivity index (χ4n) is 2.04. The summed E-state index contributed by atoms with van der Waals surface area (Å²) in [5.74, 6) is 0. The lowest BCUT2D eigenvalue weighted by Gasteiger charge is -2.15. The van der Waals surface area contributed by atoms with Crippen molar-refractivity contribution in [3.8, 4) is 0 Å². The van der Waals surface area contributed by atoms with Gasteiger partial charge in [0, 0.05) is 38.1 Å². The van der Waals surface area contributed by atoms with Gasteiger partial charge in [-0.25, -0.2) is 0 Å². The van der Waals surface area contributed by atoms with Gasteiger partial charge >= 0.3 is 0 Å². The molecule has 2 rings (SSSR count). The normalized spacial score (nSPS) is 12.4. The zero-order valence-electron chi connectivity index (χ0n) is 11.7. The minimum Gasteiger partial charge on any atom is -0.384 e. The fraction of sp³-hybridized carbons (Fsp3) is 0.400. The van der Waals surface area contributed by atoms with E-state index in [4.69, 9.17) is 0 Å². The molecule has 4 heteroatoms. The summed E-state index contributed by atoms with van der Waals surface area (Å²) in [5, 5.41) is 14.7. The van der Waals surface area contributed by atoms with Crippen LogP contribution in [-0.4, -0.2) is 29.0 Å². The van der Waals surface area contributed by atoms with Crippen LogP contribution in [0.25, 0.3) is 0 Å². The molecule has 102 valence electrons. The van der Waals surface area contributed by atoms with E-state index in [2.05, 4.69) is 12.0 Å². The minimum atomic E-state index is -0.620. The first-order chi connectivity index (χ1) is 9.11. The number of aromatic nitrogens is 2. The zero-order chi connectivity index (χ0) is 13.8. The average molecular weight is 259 g/mol. The Hall–Kier alpha value is -1.81. The van der Waals surface area contributed by atoms with Crippen molar-refractivity contribution in [1.82, 2.24) is 9.78 Å². The van der Waals surface area contributed by atoms with Crippen molar-refractivity contribution >= 4 is 5.69 Å². The third kappa shape index (κ3) is 3.15. The molecule has 4 nitrogen and oxygen atoms in total. The lowest BCUT2D eigenvalue weighted by Crippen LogP contribution is -2.09. The Labute approximate surface area is 114 Å². The molecular formula is C15H21N3O. The van der Waals surface area contributed by atoms with Gasteiger partial charge in [-0.3, -0.25) is 4.68 Å². The number of aliphatic hydroxyl groups is 1. The van der Waals surface area contributed by atoms with E-state index in [0.29, 0.717) is 0 Å². The molecule has 0 amide bonds. The largest absolute Gasteiger partial charge is 0.384 e. The number of rotatable bonds is 5. The second-order valence-electron chi connectivity index (χ2n) is 4.93. The third-order valence-electron chi connectivity index (χ3n) is 3.12. The van der Waals surface area contributed by atoms with Crippen molar-refractivity contribution in [2.75, 3.05) is 19.0 Å². The smallest absolute Gasteiger partial charge is 0.107 e. The highest BCUT2D eigenvalue weighted by molar-refractivity contribution is 5.48. The summed E-state index contributed by atoms with van der Waals surface area (Å²) in [6.07, 6.45) is 4.07. The number of benzene rings is 1. The third-order valence-corrected chi connectivity index (χ3v) is 3.12. The van der Waals surface area contributed by atoms with Crippen LogP contribution in [0.4, 0.5) is 5.69 Å². The lowest BCUT2D eigenvalue weighted by molar-refractivity contribution is 0.220. The Morgan fingerprint density at radius 1 is 1.32 bits per heavy atom. The van der Waals surface area contributed by atoms with Gasteiger partial charge in [0.25, 0.3) is 0 Å². The summed E-state index contributed by atoms with van der Waals surface area (Å²) in [7, 11) is 3.98. The second kappa shape index (κ2) is 5.89. The monoisotopic (exact) mass is 259 g/mol. The van der Waals surface area contributed by atoms with Crippen LogP contribution in [0.5, 0.6) is 0 Å². The van der Waals surface area contributed by atoms with Crippen molar-refractivity contribution in [3.63, 3.8) is 0 Å². The Morgan fingerprint density at radius 3 is 2.79 bits per heavy atom. The van der Waals surface area contributed by atoms with Crippen LogP contribution < -0.4 is 4.90 Å². The summed E-state index contributed by atoms with van der Waals surface area (Å²) in [6, 6.07) is 7.93. The highest BCUT2D eigenvalue weighted by atomic mass is 16.3. The van der Waals surface area contributed by atoms with E-state index in [1.54, 1.807) is 6.20 Å². The lowest BCUT2D eigenvalue weighted by atomic mass is 10.0. The quantitative estimate of drug-likeness (QED) is 0.896. The van der Waals surface area contributed by atoms with E-state index in [1.807, 2.05) is 54.1 Å². The first-order valence-corrected chi connectivity index (χ1v) is 6.59. The van der Waals surface area contributed by atoms with Crippen LogP contribution in [0.3, 0.4) is 0 Å². The SMILES string of the molecule is CCCn1cc(C(O)c2cccc(N(C)C)c2)cn1. The van der Waals surface area contributed by atoms with Crippen molar-refractivity contribution in [2.24, 2.45) is 0 Å². The van der Waals surface area contributed by atoms with E-state index >= 15 is 0 Å². The molecule has 0 aliphatic heterocycles. The van der Waals surface area contributed by atoms with Gasteiger partial charge in [0.05, 0.1) is 6.20 Å². The van der Waals surface area contributed by atoms with Gasteiger partial charge in [0.1, 0.15) is 6.10 Å². The summed E-state index contributed by atoms with van der Waals surface area (Å²) in [6.45, 7) is 2.99. The summed E-state index contributed by atoms with van der Waals surface area (Å²) in [5.41, 5.74) is 2.81. The topological polar surface area (TPSA) is 41.3 Å². The van der Waals surface area contributed by atoms with Crippen LogP contribution in [0.2, 0.25) is 0 Å². The molecule has 0 radical (unpaired) electrons. The van der Waals surface area contributed by atoms with Gasteiger partial charge in [-0.1, -0.05) is 19.1 Å². The standard InChI is InChI=1S/C15H21N3O/c1-4-8-18-11-13(10-16-18)15(19)12-6-5-7-14(9-12)17(2)3/h5-7,9-11,15,19H,4,8H2,1-3H3. The molecule has 0 aliphatic carbocycles. The predicted octanol–water partition coefficient (Wildman–Crippen LogP) is 2.44. The van der Waals surface area contributed by atoms with Crippen molar-refractivity contribution in [3.05, 3.63) is 47.8 Å². The summed E-state index contributed by atoms with van der Waals surface area (Å²) in [4.78, 5) is 2.02. The van der Waals surface area contributed by atoms with Gasteiger partial charge in [0.2, 0.25) is 0 Å². The van der Waals surface area contributed by atoms with Crippen molar-refractivity contribution in [1.29, 1.82) is 0 Å². The van der Waals surface area contributed by atoms with Crippen LogP contribution in [0.1, 0.15) is 30.6 Å². The number of aliphatic hydroxyl groups excluding tert-OH is 1. The Balaban J connectivity index is 2.22. The predicted molar refractivity (Wildman–Crippen MR) is 77.3 cm³/mol. The Kier molecular flexibility index (Phi) is 4.22. The molecule has 0 saturated heterocycles. The first-order valence-electron chi connectivity index (χ1n) is 6.59. The molecule has 1 heterocycles. The molecule has 0 fully saturated rings. The van der Waals surface area contributed by atoms with Crippen LogP contribution in [0, 0.1) is 0 Å². The fourth-order valence-corrected chi connectivity index (χ4v) is 2.04. The van der Waals surface area contributed by atoms with E-state index in [0.717, 1.165) is 29.8 Å². The Morgan fingerprint density at radius 2 is 2.11 bits per heavy atom. The van der Waals surface area contributed by atoms with E-state index in [-0.39, 0.29) is 0 Å². The second-order valence-corrected chi connectivity index (χ2v) is 4.93. The van der Waals surface area contributed by atoms with Gasteiger partial charge in [-0.15, -0.1) is 0 Å². The molecule has 0 spiro atoms. The maximum atomic E-state index is 10.4. The van der Waals surface area contributed by atoms with E-state index < -0.39 is 6.10 Å². The summed E-state index contributed by atoms with van der Waals surface area (Å²) >= 11 is 0. The van der Waals surface area contributed by atoms with Crippen LogP contribution in [0.15, 0.2) is 36.7 Å². The number of aryl methyl sites for hydroxylation is 1. The molecule has 19 heavy (non-hydrogen) atoms.